The van der Waals surface area contributed by atoms with Crippen molar-refractivity contribution in [3.63, 3.8) is 0 Å². The van der Waals surface area contributed by atoms with E-state index in [9.17, 15) is 35.1 Å². The average Bonchev–Trinajstić information content (AvgIpc) is 2.33. The van der Waals surface area contributed by atoms with Crippen LogP contribution < -0.4 is 0 Å². The molecule has 0 radical (unpaired) electrons. The first-order chi connectivity index (χ1) is 10.7. The van der Waals surface area contributed by atoms with Crippen molar-refractivity contribution in [2.24, 2.45) is 0 Å². The molecule has 0 aromatic heterocycles. The molecule has 0 aliphatic heterocycles. The Bertz CT molecular complexity index is 459. The van der Waals surface area contributed by atoms with E-state index < -0.39 is 52.4 Å². The maximum absolute atomic E-state index is 13.7. The Morgan fingerprint density at radius 3 is 1.12 bits per heavy atom. The lowest BCUT2D eigenvalue weighted by atomic mass is 10.2. The summed E-state index contributed by atoms with van der Waals surface area (Å²) in [6.07, 6.45) is -0.391. The smallest absolute Gasteiger partial charge is 0.328 e. The normalized spacial score (nSPS) is 15.2. The van der Waals surface area contributed by atoms with Gasteiger partial charge in [-0.25, -0.2) is 0 Å². The fourth-order valence-electron chi connectivity index (χ4n) is 2.42. The fraction of sp³-hybridized carbons (Fsp3) is 0.714. The van der Waals surface area contributed by atoms with Crippen LogP contribution in [0.4, 0.5) is 35.1 Å². The Balaban J connectivity index is 5.33. The zero-order chi connectivity index (χ0) is 20.5. The molecule has 0 atom stereocenters. The highest BCUT2D eigenvalue weighted by Gasteiger charge is 2.60. The molecule has 0 saturated heterocycles. The number of hydrogen-bond acceptors (Lipinski definition) is 1. The lowest BCUT2D eigenvalue weighted by Gasteiger charge is -2.39. The lowest BCUT2D eigenvalue weighted by molar-refractivity contribution is -0.169. The summed E-state index contributed by atoms with van der Waals surface area (Å²) >= 11 is 0. The minimum Gasteiger partial charge on any atom is -0.455 e. The van der Waals surface area contributed by atoms with E-state index in [0.29, 0.717) is 0 Å². The molecular weight excluding hydrogens is 392 g/mol. The van der Waals surface area contributed by atoms with Crippen molar-refractivity contribution in [2.75, 3.05) is 0 Å². The molecule has 0 amide bonds. The Kier molecular flexibility index (Phi) is 6.95. The van der Waals surface area contributed by atoms with E-state index in [0.717, 1.165) is 26.2 Å². The average molecular weight is 414 g/mol. The molecule has 0 aromatic carbocycles. The summed E-state index contributed by atoms with van der Waals surface area (Å²) in [4.78, 5) is 0. The number of hydrogen-bond donors (Lipinski definition) is 0. The van der Waals surface area contributed by atoms with Crippen molar-refractivity contribution >= 4 is 16.6 Å². The van der Waals surface area contributed by atoms with Gasteiger partial charge in [0.05, 0.1) is 0 Å². The molecule has 0 unspecified atom stereocenters. The zero-order valence-electron chi connectivity index (χ0n) is 14.4. The maximum atomic E-state index is 13.7. The zero-order valence-corrected chi connectivity index (χ0v) is 16.4. The van der Waals surface area contributed by atoms with Crippen LogP contribution >= 0.6 is 0 Å². The van der Waals surface area contributed by atoms with Gasteiger partial charge >= 0.3 is 23.7 Å². The van der Waals surface area contributed by atoms with E-state index in [1.807, 2.05) is 0 Å². The molecule has 0 aromatic rings. The summed E-state index contributed by atoms with van der Waals surface area (Å²) in [5.74, 6) is -18.0. The lowest BCUT2D eigenvalue weighted by Crippen LogP contribution is -2.54. The topological polar surface area (TPSA) is 9.23 Å². The first-order valence-electron chi connectivity index (χ1n) is 7.23. The van der Waals surface area contributed by atoms with Gasteiger partial charge in [0.25, 0.3) is 0 Å². The summed E-state index contributed by atoms with van der Waals surface area (Å²) < 4.78 is 113. The minimum atomic E-state index is -4.49. The monoisotopic (exact) mass is 414 g/mol. The summed E-state index contributed by atoms with van der Waals surface area (Å²) in [5.41, 5.74) is 0. The van der Waals surface area contributed by atoms with Gasteiger partial charge in [0, 0.05) is 12.1 Å². The molecule has 0 spiro atoms. The summed E-state index contributed by atoms with van der Waals surface area (Å²) in [7, 11) is -7.18. The Morgan fingerprint density at radius 2 is 0.920 bits per heavy atom. The SMILES string of the molecule is C=CC(F)(F)C(F)(F)C[Si](C)(C)O[Si](C)(C)CC(F)(F)C(F)(F)C=C. The number of halogens is 8. The van der Waals surface area contributed by atoms with E-state index in [1.165, 1.54) is 0 Å². The Labute approximate surface area is 144 Å². The van der Waals surface area contributed by atoms with Gasteiger partial charge in [-0.1, -0.05) is 13.2 Å². The molecule has 0 rings (SSSR count). The highest BCUT2D eigenvalue weighted by atomic mass is 28.4. The van der Waals surface area contributed by atoms with E-state index in [2.05, 4.69) is 13.2 Å². The van der Waals surface area contributed by atoms with Crippen molar-refractivity contribution < 1.29 is 39.2 Å². The highest BCUT2D eigenvalue weighted by Crippen LogP contribution is 2.44. The van der Waals surface area contributed by atoms with Crippen LogP contribution in [0.2, 0.25) is 38.3 Å². The largest absolute Gasteiger partial charge is 0.455 e. The molecule has 148 valence electrons. The molecule has 11 heteroatoms. The van der Waals surface area contributed by atoms with Gasteiger partial charge in [0.2, 0.25) is 0 Å². The molecule has 0 fully saturated rings. The second kappa shape index (κ2) is 7.14. The van der Waals surface area contributed by atoms with E-state index >= 15 is 0 Å². The second-order valence-electron chi connectivity index (χ2n) is 7.04. The molecule has 25 heavy (non-hydrogen) atoms. The van der Waals surface area contributed by atoms with Crippen molar-refractivity contribution in [1.29, 1.82) is 0 Å². The van der Waals surface area contributed by atoms with Crippen LogP contribution in [0, 0.1) is 0 Å². The minimum absolute atomic E-state index is 0.196. The third kappa shape index (κ3) is 6.21. The van der Waals surface area contributed by atoms with Crippen LogP contribution in [-0.2, 0) is 4.12 Å². The summed E-state index contributed by atoms with van der Waals surface area (Å²) in [6, 6.07) is -2.72. The number of allylic oxidation sites excluding steroid dienone is 2. The molecule has 0 saturated carbocycles. The van der Waals surface area contributed by atoms with Gasteiger partial charge in [0.1, 0.15) is 0 Å². The molecule has 0 N–H and O–H groups in total. The van der Waals surface area contributed by atoms with E-state index in [4.69, 9.17) is 4.12 Å². The van der Waals surface area contributed by atoms with Crippen molar-refractivity contribution in [3.8, 4) is 0 Å². The molecule has 1 nitrogen and oxygen atoms in total. The van der Waals surface area contributed by atoms with Gasteiger partial charge in [-0.05, 0) is 38.3 Å². The van der Waals surface area contributed by atoms with Gasteiger partial charge in [0.15, 0.2) is 16.6 Å². The third-order valence-electron chi connectivity index (χ3n) is 3.34. The fourth-order valence-corrected chi connectivity index (χ4v) is 11.6. The third-order valence-corrected chi connectivity index (χ3v) is 10.3. The van der Waals surface area contributed by atoms with Crippen molar-refractivity contribution in [2.45, 2.75) is 62.0 Å². The first kappa shape index (κ1) is 24.3. The van der Waals surface area contributed by atoms with E-state index in [-0.39, 0.29) is 12.2 Å². The quantitative estimate of drug-likeness (QED) is 0.231. The molecular formula is C14H22F8OSi2. The summed E-state index contributed by atoms with van der Waals surface area (Å²) in [5, 5.41) is 0. The Hall–Kier alpha value is -0.686. The number of rotatable bonds is 10. The van der Waals surface area contributed by atoms with Gasteiger partial charge in [-0.15, -0.1) is 0 Å². The molecule has 0 bridgehead atoms. The van der Waals surface area contributed by atoms with Crippen LogP contribution in [0.5, 0.6) is 0 Å². The first-order valence-corrected chi connectivity index (χ1v) is 13.5. The number of alkyl halides is 8. The standard InChI is InChI=1S/C14H22F8OSi2/c1-7-11(15,16)13(19,20)9-24(3,4)23-25(5,6)10-14(21,22)12(17,18)8-2/h7-8H,1-2,9-10H2,3-6H3. The van der Waals surface area contributed by atoms with Gasteiger partial charge in [-0.2, -0.15) is 35.1 Å². The van der Waals surface area contributed by atoms with Crippen LogP contribution in [-0.4, -0.2) is 40.3 Å². The van der Waals surface area contributed by atoms with E-state index in [1.54, 1.807) is 0 Å². The van der Waals surface area contributed by atoms with Crippen molar-refractivity contribution in [1.82, 2.24) is 0 Å². The molecule has 0 aliphatic rings. The van der Waals surface area contributed by atoms with Crippen molar-refractivity contribution in [3.05, 3.63) is 25.3 Å². The molecule has 0 heterocycles. The predicted octanol–water partition coefficient (Wildman–Crippen LogP) is 6.33. The van der Waals surface area contributed by atoms with Crippen LogP contribution in [0.3, 0.4) is 0 Å². The van der Waals surface area contributed by atoms with Crippen LogP contribution in [0.25, 0.3) is 0 Å². The van der Waals surface area contributed by atoms with Gasteiger partial charge in [-0.3, -0.25) is 0 Å². The highest BCUT2D eigenvalue weighted by molar-refractivity contribution is 6.85. The van der Waals surface area contributed by atoms with Crippen LogP contribution in [0.1, 0.15) is 0 Å². The predicted molar refractivity (Wildman–Crippen MR) is 85.8 cm³/mol. The second-order valence-corrected chi connectivity index (χ2v) is 15.6. The summed E-state index contributed by atoms with van der Waals surface area (Å²) in [6.45, 7) is 9.90. The maximum Gasteiger partial charge on any atom is 0.328 e. The molecule has 0 aliphatic carbocycles. The van der Waals surface area contributed by atoms with Crippen LogP contribution in [0.15, 0.2) is 25.3 Å². The van der Waals surface area contributed by atoms with Gasteiger partial charge < -0.3 is 4.12 Å². The Morgan fingerprint density at radius 1 is 0.680 bits per heavy atom.